The van der Waals surface area contributed by atoms with Gasteiger partial charge >= 0.3 is 0 Å². The molecule has 22 heavy (non-hydrogen) atoms. The molecule has 2 atom stereocenters. The number of hydrogen-bond donors (Lipinski definition) is 1. The van der Waals surface area contributed by atoms with Gasteiger partial charge in [-0.3, -0.25) is 4.79 Å². The van der Waals surface area contributed by atoms with E-state index in [1.165, 1.54) is 17.8 Å². The summed E-state index contributed by atoms with van der Waals surface area (Å²) in [6.07, 6.45) is 4.91. The third kappa shape index (κ3) is 2.74. The lowest BCUT2D eigenvalue weighted by atomic mass is 9.71. The summed E-state index contributed by atoms with van der Waals surface area (Å²) in [6.45, 7) is 3.24. The summed E-state index contributed by atoms with van der Waals surface area (Å²) in [5.74, 6) is 0.316. The summed E-state index contributed by atoms with van der Waals surface area (Å²) in [6, 6.07) is 0. The Morgan fingerprint density at radius 3 is 2.86 bits per heavy atom. The number of likely N-dealkylation sites (tertiary alicyclic amines) is 1. The van der Waals surface area contributed by atoms with Crippen molar-refractivity contribution in [3.05, 3.63) is 10.6 Å². The van der Waals surface area contributed by atoms with Gasteiger partial charge in [0.1, 0.15) is 4.88 Å². The first-order valence-corrected chi connectivity index (χ1v) is 8.89. The van der Waals surface area contributed by atoms with E-state index in [2.05, 4.69) is 4.98 Å². The molecule has 0 radical (unpaired) electrons. The van der Waals surface area contributed by atoms with E-state index in [1.54, 1.807) is 0 Å². The molecule has 1 aromatic heterocycles. The Morgan fingerprint density at radius 1 is 1.41 bits per heavy atom. The van der Waals surface area contributed by atoms with Crippen LogP contribution < -0.4 is 4.90 Å². The first-order valence-electron chi connectivity index (χ1n) is 8.07. The molecule has 0 bridgehead atoms. The minimum absolute atomic E-state index is 0.0794. The Labute approximate surface area is 135 Å². The molecule has 1 aromatic rings. The van der Waals surface area contributed by atoms with Gasteiger partial charge in [0.2, 0.25) is 0 Å². The number of aliphatic hydroxyl groups is 1. The predicted octanol–water partition coefficient (Wildman–Crippen LogP) is 2.28. The first kappa shape index (κ1) is 15.7. The van der Waals surface area contributed by atoms with Gasteiger partial charge in [0.15, 0.2) is 5.13 Å². The standard InChI is InChI=1S/C16H25N3O2S/c1-11-13(22-15(17-11)18(2)3)14(20)19-9-8-16(21)7-5-4-6-12(16)10-19/h12,21H,4-10H2,1-3H3. The highest BCUT2D eigenvalue weighted by molar-refractivity contribution is 7.17. The van der Waals surface area contributed by atoms with Crippen molar-refractivity contribution in [1.82, 2.24) is 9.88 Å². The Morgan fingerprint density at radius 2 is 2.18 bits per heavy atom. The molecule has 1 saturated carbocycles. The van der Waals surface area contributed by atoms with Crippen LogP contribution in [0.15, 0.2) is 0 Å². The third-order valence-electron chi connectivity index (χ3n) is 5.08. The number of carbonyl (C=O) groups is 1. The van der Waals surface area contributed by atoms with Crippen molar-refractivity contribution < 1.29 is 9.90 Å². The van der Waals surface area contributed by atoms with Gasteiger partial charge < -0.3 is 14.9 Å². The van der Waals surface area contributed by atoms with E-state index in [9.17, 15) is 9.90 Å². The Balaban J connectivity index is 1.76. The molecular formula is C16H25N3O2S. The summed E-state index contributed by atoms with van der Waals surface area (Å²) in [7, 11) is 3.88. The highest BCUT2D eigenvalue weighted by Crippen LogP contribution is 2.40. The molecule has 0 spiro atoms. The van der Waals surface area contributed by atoms with Crippen molar-refractivity contribution in [3.8, 4) is 0 Å². The van der Waals surface area contributed by atoms with E-state index in [4.69, 9.17) is 0 Å². The van der Waals surface area contributed by atoms with Crippen LogP contribution in [-0.2, 0) is 0 Å². The molecule has 3 rings (SSSR count). The lowest BCUT2D eigenvalue weighted by molar-refractivity contribution is -0.0885. The summed E-state index contributed by atoms with van der Waals surface area (Å²) in [5, 5.41) is 11.6. The minimum atomic E-state index is -0.535. The minimum Gasteiger partial charge on any atom is -0.389 e. The van der Waals surface area contributed by atoms with Crippen molar-refractivity contribution in [1.29, 1.82) is 0 Å². The summed E-state index contributed by atoms with van der Waals surface area (Å²) >= 11 is 1.46. The number of thiazole rings is 1. The molecule has 1 aliphatic heterocycles. The van der Waals surface area contributed by atoms with Crippen molar-refractivity contribution in [2.24, 2.45) is 5.92 Å². The van der Waals surface area contributed by atoms with E-state index in [-0.39, 0.29) is 11.8 Å². The SMILES string of the molecule is Cc1nc(N(C)C)sc1C(=O)N1CCC2(O)CCCCC2C1. The molecule has 2 heterocycles. The van der Waals surface area contributed by atoms with E-state index in [0.717, 1.165) is 35.0 Å². The molecular weight excluding hydrogens is 298 g/mol. The fraction of sp³-hybridized carbons (Fsp3) is 0.750. The first-order chi connectivity index (χ1) is 10.4. The molecule has 0 aromatic carbocycles. The van der Waals surface area contributed by atoms with Crippen LogP contribution in [0.25, 0.3) is 0 Å². The predicted molar refractivity (Wildman–Crippen MR) is 88.6 cm³/mol. The molecule has 2 unspecified atom stereocenters. The topological polar surface area (TPSA) is 56.7 Å². The van der Waals surface area contributed by atoms with E-state index in [1.807, 2.05) is 30.8 Å². The number of anilines is 1. The fourth-order valence-corrected chi connectivity index (χ4v) is 4.63. The average Bonchev–Trinajstić information content (AvgIpc) is 2.88. The molecule has 5 nitrogen and oxygen atoms in total. The van der Waals surface area contributed by atoms with Gasteiger partial charge in [-0.25, -0.2) is 4.98 Å². The number of nitrogens with zero attached hydrogens (tertiary/aromatic N) is 3. The zero-order valence-electron chi connectivity index (χ0n) is 13.6. The number of hydrogen-bond acceptors (Lipinski definition) is 5. The monoisotopic (exact) mass is 323 g/mol. The van der Waals surface area contributed by atoms with Gasteiger partial charge in [-0.15, -0.1) is 0 Å². The summed E-state index contributed by atoms with van der Waals surface area (Å²) in [4.78, 5) is 21.9. The maximum atomic E-state index is 12.8. The summed E-state index contributed by atoms with van der Waals surface area (Å²) < 4.78 is 0. The summed E-state index contributed by atoms with van der Waals surface area (Å²) in [5.41, 5.74) is 0.273. The van der Waals surface area contributed by atoms with Gasteiger partial charge in [-0.05, 0) is 26.2 Å². The number of piperidine rings is 1. The van der Waals surface area contributed by atoms with E-state index in [0.29, 0.717) is 19.5 Å². The van der Waals surface area contributed by atoms with Crippen LogP contribution in [-0.4, -0.2) is 53.7 Å². The fourth-order valence-electron chi connectivity index (χ4n) is 3.67. The van der Waals surface area contributed by atoms with Gasteiger partial charge in [-0.2, -0.15) is 0 Å². The van der Waals surface area contributed by atoms with Crippen molar-refractivity contribution in [3.63, 3.8) is 0 Å². The molecule has 1 saturated heterocycles. The quantitative estimate of drug-likeness (QED) is 0.907. The zero-order chi connectivity index (χ0) is 15.9. The van der Waals surface area contributed by atoms with Gasteiger partial charge in [-0.1, -0.05) is 24.2 Å². The molecule has 6 heteroatoms. The molecule has 1 amide bonds. The smallest absolute Gasteiger partial charge is 0.265 e. The van der Waals surface area contributed by atoms with Crippen LogP contribution in [0.1, 0.15) is 47.5 Å². The van der Waals surface area contributed by atoms with Crippen LogP contribution in [0.2, 0.25) is 0 Å². The van der Waals surface area contributed by atoms with Crippen LogP contribution in [0, 0.1) is 12.8 Å². The Bertz CT molecular complexity index is 572. The number of carbonyl (C=O) groups excluding carboxylic acids is 1. The van der Waals surface area contributed by atoms with Gasteiger partial charge in [0, 0.05) is 33.1 Å². The Hall–Kier alpha value is -1.14. The van der Waals surface area contributed by atoms with Crippen molar-refractivity contribution in [2.45, 2.75) is 44.6 Å². The molecule has 1 N–H and O–H groups in total. The second-order valence-corrected chi connectivity index (χ2v) is 7.83. The number of fused-ring (bicyclic) bond motifs is 1. The van der Waals surface area contributed by atoms with Gasteiger partial charge in [0.25, 0.3) is 5.91 Å². The zero-order valence-corrected chi connectivity index (χ0v) is 14.4. The van der Waals surface area contributed by atoms with E-state index < -0.39 is 5.60 Å². The molecule has 122 valence electrons. The Kier molecular flexibility index (Phi) is 4.16. The van der Waals surface area contributed by atoms with Crippen LogP contribution in [0.4, 0.5) is 5.13 Å². The second-order valence-electron chi connectivity index (χ2n) is 6.85. The number of aryl methyl sites for hydroxylation is 1. The van der Waals surface area contributed by atoms with Crippen molar-refractivity contribution >= 4 is 22.4 Å². The highest BCUT2D eigenvalue weighted by Gasteiger charge is 2.44. The van der Waals surface area contributed by atoms with E-state index >= 15 is 0 Å². The van der Waals surface area contributed by atoms with Crippen molar-refractivity contribution in [2.75, 3.05) is 32.1 Å². The lowest BCUT2D eigenvalue weighted by Gasteiger charge is -2.47. The van der Waals surface area contributed by atoms with Crippen LogP contribution in [0.5, 0.6) is 0 Å². The average molecular weight is 323 g/mol. The van der Waals surface area contributed by atoms with Crippen LogP contribution >= 0.6 is 11.3 Å². The maximum Gasteiger partial charge on any atom is 0.265 e. The number of aromatic nitrogens is 1. The number of rotatable bonds is 2. The molecule has 2 fully saturated rings. The molecule has 2 aliphatic rings. The third-order valence-corrected chi connectivity index (χ3v) is 6.39. The molecule has 1 aliphatic carbocycles. The maximum absolute atomic E-state index is 12.8. The lowest BCUT2D eigenvalue weighted by Crippen LogP contribution is -2.54. The normalized spacial score (nSPS) is 28.4. The second kappa shape index (κ2) is 5.81. The number of amides is 1. The largest absolute Gasteiger partial charge is 0.389 e. The highest BCUT2D eigenvalue weighted by atomic mass is 32.1. The van der Waals surface area contributed by atoms with Gasteiger partial charge in [0.05, 0.1) is 11.3 Å². The van der Waals surface area contributed by atoms with Crippen LogP contribution in [0.3, 0.4) is 0 Å².